The topological polar surface area (TPSA) is 84.9 Å². The molecule has 0 saturated carbocycles. The summed E-state index contributed by atoms with van der Waals surface area (Å²) in [5.41, 5.74) is 1.36. The van der Waals surface area contributed by atoms with Gasteiger partial charge >= 0.3 is 11.9 Å². The molecule has 2 unspecified atom stereocenters. The summed E-state index contributed by atoms with van der Waals surface area (Å²) in [7, 11) is 2.76. The van der Waals surface area contributed by atoms with Crippen molar-refractivity contribution in [2.24, 2.45) is 5.92 Å². The first-order valence-electron chi connectivity index (χ1n) is 10.5. The molecule has 1 saturated heterocycles. The van der Waals surface area contributed by atoms with Gasteiger partial charge in [0.05, 0.1) is 26.2 Å². The third kappa shape index (κ3) is 5.65. The Bertz CT molecular complexity index is 841. The van der Waals surface area contributed by atoms with Gasteiger partial charge in [-0.15, -0.1) is 0 Å². The van der Waals surface area contributed by atoms with Crippen LogP contribution in [0.5, 0.6) is 0 Å². The van der Waals surface area contributed by atoms with Crippen molar-refractivity contribution in [3.05, 3.63) is 60.2 Å². The van der Waals surface area contributed by atoms with E-state index in [-0.39, 0.29) is 11.8 Å². The van der Waals surface area contributed by atoms with Crippen LogP contribution in [-0.4, -0.2) is 71.7 Å². The number of piperidine rings is 1. The number of esters is 1. The first-order chi connectivity index (χ1) is 15.0. The van der Waals surface area contributed by atoms with E-state index >= 15 is 0 Å². The molecule has 31 heavy (non-hydrogen) atoms. The lowest BCUT2D eigenvalue weighted by molar-refractivity contribution is -0.163. The maximum Gasteiger partial charge on any atom is 0.315 e. The molecule has 0 radical (unpaired) electrons. The van der Waals surface area contributed by atoms with E-state index in [2.05, 4.69) is 39.1 Å². The number of benzene rings is 1. The summed E-state index contributed by atoms with van der Waals surface area (Å²) in [4.78, 5) is 41.1. The van der Waals surface area contributed by atoms with Crippen LogP contribution >= 0.6 is 0 Å². The molecule has 2 heterocycles. The Hall–Kier alpha value is -2.84. The number of methoxy groups -OCH3 is 1. The molecule has 1 fully saturated rings. The van der Waals surface area contributed by atoms with Crippen molar-refractivity contribution in [1.82, 2.24) is 19.9 Å². The lowest BCUT2D eigenvalue weighted by Crippen LogP contribution is -2.50. The minimum Gasteiger partial charge on any atom is -0.469 e. The number of amides is 1. The largest absolute Gasteiger partial charge is 0.469 e. The molecule has 0 bridgehead atoms. The fraction of sp³-hybridized carbons (Fsp3) is 0.478. The van der Waals surface area contributed by atoms with E-state index in [1.165, 1.54) is 32.2 Å². The van der Waals surface area contributed by atoms with Crippen LogP contribution in [-0.2, 0) is 14.4 Å². The Labute approximate surface area is 183 Å². The van der Waals surface area contributed by atoms with Crippen LogP contribution in [0.25, 0.3) is 0 Å². The average Bonchev–Trinajstić information content (AvgIpc) is 2.83. The number of hydroxylamine groups is 2. The van der Waals surface area contributed by atoms with Crippen molar-refractivity contribution in [2.45, 2.75) is 31.7 Å². The van der Waals surface area contributed by atoms with Gasteiger partial charge in [0.25, 0.3) is 0 Å². The molecule has 0 spiro atoms. The minimum atomic E-state index is -0.564. The molecule has 0 N–H and O–H groups in total. The predicted molar refractivity (Wildman–Crippen MR) is 115 cm³/mol. The van der Waals surface area contributed by atoms with Crippen molar-refractivity contribution in [1.29, 1.82) is 0 Å². The van der Waals surface area contributed by atoms with Gasteiger partial charge in [-0.1, -0.05) is 30.3 Å². The lowest BCUT2D eigenvalue weighted by atomic mass is 9.88. The molecule has 2 atom stereocenters. The number of aromatic nitrogens is 2. The number of hydrogen-bond acceptors (Lipinski definition) is 7. The molecule has 1 amide bonds. The molecular weight excluding hydrogens is 396 g/mol. The SMILES string of the molecule is COC(=O)C(CN1CCC(c2ccccc2)CC1)C(C)N(OC)C(=O)c1ncccn1. The van der Waals surface area contributed by atoms with Gasteiger partial charge < -0.3 is 9.64 Å². The first-order valence-corrected chi connectivity index (χ1v) is 10.5. The fourth-order valence-corrected chi connectivity index (χ4v) is 4.13. The van der Waals surface area contributed by atoms with Crippen molar-refractivity contribution < 1.29 is 19.2 Å². The third-order valence-corrected chi connectivity index (χ3v) is 5.92. The van der Waals surface area contributed by atoms with Crippen LogP contribution in [0.4, 0.5) is 0 Å². The van der Waals surface area contributed by atoms with Gasteiger partial charge in [-0.05, 0) is 50.4 Å². The number of likely N-dealkylation sites (tertiary alicyclic amines) is 1. The lowest BCUT2D eigenvalue weighted by Gasteiger charge is -2.37. The number of hydrogen-bond donors (Lipinski definition) is 0. The third-order valence-electron chi connectivity index (χ3n) is 5.92. The molecule has 0 aliphatic carbocycles. The van der Waals surface area contributed by atoms with Gasteiger partial charge in [0, 0.05) is 18.9 Å². The quantitative estimate of drug-likeness (QED) is 0.474. The summed E-state index contributed by atoms with van der Waals surface area (Å²) in [6.07, 6.45) is 5.04. The maximum absolute atomic E-state index is 12.8. The van der Waals surface area contributed by atoms with E-state index in [0.29, 0.717) is 12.5 Å². The Morgan fingerprint density at radius 2 is 1.74 bits per heavy atom. The highest BCUT2D eigenvalue weighted by atomic mass is 16.7. The van der Waals surface area contributed by atoms with Gasteiger partial charge in [-0.3, -0.25) is 14.4 Å². The van der Waals surface area contributed by atoms with E-state index in [4.69, 9.17) is 9.57 Å². The molecule has 1 aliphatic heterocycles. The van der Waals surface area contributed by atoms with Crippen LogP contribution in [0.15, 0.2) is 48.8 Å². The van der Waals surface area contributed by atoms with Gasteiger partial charge in [0.1, 0.15) is 0 Å². The number of nitrogens with zero attached hydrogens (tertiary/aromatic N) is 4. The monoisotopic (exact) mass is 426 g/mol. The summed E-state index contributed by atoms with van der Waals surface area (Å²) in [6, 6.07) is 11.6. The molecule has 2 aromatic rings. The molecular formula is C23H30N4O4. The van der Waals surface area contributed by atoms with Gasteiger partial charge in [-0.25, -0.2) is 15.0 Å². The molecule has 8 nitrogen and oxygen atoms in total. The molecule has 166 valence electrons. The number of carbonyl (C=O) groups is 2. The van der Waals surface area contributed by atoms with E-state index in [9.17, 15) is 9.59 Å². The van der Waals surface area contributed by atoms with Crippen molar-refractivity contribution in [3.63, 3.8) is 0 Å². The predicted octanol–water partition coefficient (Wildman–Crippen LogP) is 2.54. The fourth-order valence-electron chi connectivity index (χ4n) is 4.13. The second-order valence-corrected chi connectivity index (χ2v) is 7.74. The number of ether oxygens (including phenoxy) is 1. The van der Waals surface area contributed by atoms with Gasteiger partial charge in [0.2, 0.25) is 5.82 Å². The van der Waals surface area contributed by atoms with Crippen LogP contribution in [0.2, 0.25) is 0 Å². The number of rotatable bonds is 8. The van der Waals surface area contributed by atoms with Crippen molar-refractivity contribution in [2.75, 3.05) is 33.9 Å². The highest BCUT2D eigenvalue weighted by Crippen LogP contribution is 2.29. The summed E-state index contributed by atoms with van der Waals surface area (Å²) in [5, 5.41) is 1.16. The van der Waals surface area contributed by atoms with Crippen molar-refractivity contribution in [3.8, 4) is 0 Å². The highest BCUT2D eigenvalue weighted by molar-refractivity contribution is 5.90. The first kappa shape index (κ1) is 22.8. The highest BCUT2D eigenvalue weighted by Gasteiger charge is 2.36. The molecule has 1 aromatic heterocycles. The van der Waals surface area contributed by atoms with Crippen LogP contribution in [0, 0.1) is 5.92 Å². The van der Waals surface area contributed by atoms with E-state index in [1.54, 1.807) is 13.0 Å². The zero-order chi connectivity index (χ0) is 22.2. The van der Waals surface area contributed by atoms with Crippen LogP contribution in [0.1, 0.15) is 41.9 Å². The molecule has 1 aliphatic rings. The van der Waals surface area contributed by atoms with E-state index in [1.807, 2.05) is 6.07 Å². The summed E-state index contributed by atoms with van der Waals surface area (Å²) in [6.45, 7) is 4.02. The Kier molecular flexibility index (Phi) is 8.08. The zero-order valence-electron chi connectivity index (χ0n) is 18.3. The second kappa shape index (κ2) is 11.0. The van der Waals surface area contributed by atoms with E-state index < -0.39 is 17.9 Å². The average molecular weight is 427 g/mol. The Balaban J connectivity index is 1.67. The maximum atomic E-state index is 12.8. The second-order valence-electron chi connectivity index (χ2n) is 7.74. The Morgan fingerprint density at radius 1 is 1.10 bits per heavy atom. The molecule has 3 rings (SSSR count). The Morgan fingerprint density at radius 3 is 2.32 bits per heavy atom. The van der Waals surface area contributed by atoms with Crippen LogP contribution < -0.4 is 0 Å². The van der Waals surface area contributed by atoms with Crippen molar-refractivity contribution >= 4 is 11.9 Å². The summed E-state index contributed by atoms with van der Waals surface area (Å²) < 4.78 is 5.06. The molecule has 1 aromatic carbocycles. The smallest absolute Gasteiger partial charge is 0.315 e. The van der Waals surface area contributed by atoms with E-state index in [0.717, 1.165) is 31.0 Å². The normalized spacial score (nSPS) is 17.0. The number of carbonyl (C=O) groups excluding carboxylic acids is 2. The van der Waals surface area contributed by atoms with Gasteiger partial charge in [0.15, 0.2) is 0 Å². The summed E-state index contributed by atoms with van der Waals surface area (Å²) in [5.74, 6) is -0.887. The summed E-state index contributed by atoms with van der Waals surface area (Å²) >= 11 is 0. The minimum absolute atomic E-state index is 0.0171. The van der Waals surface area contributed by atoms with Crippen LogP contribution in [0.3, 0.4) is 0 Å². The zero-order valence-corrected chi connectivity index (χ0v) is 18.3. The molecule has 8 heteroatoms. The van der Waals surface area contributed by atoms with Gasteiger partial charge in [-0.2, -0.15) is 0 Å². The standard InChI is InChI=1S/C23H30N4O4/c1-17(27(31-3)22(28)21-24-12-7-13-25-21)20(23(29)30-2)16-26-14-10-19(11-15-26)18-8-5-4-6-9-18/h4-9,12-13,17,19-20H,10-11,14-16H2,1-3H3.